The van der Waals surface area contributed by atoms with Gasteiger partial charge in [0.1, 0.15) is 5.78 Å². The maximum Gasteiger partial charge on any atom is 0.221 e. The molecule has 27 heavy (non-hydrogen) atoms. The maximum absolute atomic E-state index is 12.3. The number of amides is 1. The second-order valence-corrected chi connectivity index (χ2v) is 7.65. The van der Waals surface area contributed by atoms with E-state index in [0.717, 1.165) is 44.6 Å². The zero-order valence-electron chi connectivity index (χ0n) is 16.9. The number of carbonyl (C=O) groups excluding carboxylic acids is 2. The third-order valence-electron chi connectivity index (χ3n) is 5.38. The van der Waals surface area contributed by atoms with Gasteiger partial charge in [0.15, 0.2) is 0 Å². The smallest absolute Gasteiger partial charge is 0.221 e. The van der Waals surface area contributed by atoms with Crippen molar-refractivity contribution in [2.45, 2.75) is 39.2 Å². The van der Waals surface area contributed by atoms with Gasteiger partial charge in [-0.3, -0.25) is 9.59 Å². The van der Waals surface area contributed by atoms with Gasteiger partial charge < -0.3 is 15.1 Å². The van der Waals surface area contributed by atoms with Crippen molar-refractivity contribution in [2.75, 3.05) is 38.1 Å². The molecule has 0 aliphatic carbocycles. The average molecular weight is 372 g/mol. The highest BCUT2D eigenvalue weighted by molar-refractivity contribution is 5.87. The number of ketones is 1. The Bertz CT molecular complexity index is 622. The summed E-state index contributed by atoms with van der Waals surface area (Å²) < 4.78 is 0. The molecule has 0 aromatic heterocycles. The Morgan fingerprint density at radius 3 is 2.41 bits per heavy atom. The van der Waals surface area contributed by atoms with Crippen molar-refractivity contribution in [3.63, 3.8) is 0 Å². The number of anilines is 1. The molecule has 1 aromatic rings. The van der Waals surface area contributed by atoms with E-state index >= 15 is 0 Å². The van der Waals surface area contributed by atoms with Gasteiger partial charge in [0.2, 0.25) is 5.91 Å². The van der Waals surface area contributed by atoms with Gasteiger partial charge in [-0.25, -0.2) is 0 Å². The molecule has 5 nitrogen and oxygen atoms in total. The fraction of sp³-hybridized carbons (Fsp3) is 0.545. The Morgan fingerprint density at radius 1 is 1.22 bits per heavy atom. The van der Waals surface area contributed by atoms with Gasteiger partial charge in [-0.2, -0.15) is 0 Å². The highest BCUT2D eigenvalue weighted by Crippen LogP contribution is 2.16. The molecule has 0 saturated carbocycles. The average Bonchev–Trinajstić information content (AvgIpc) is 2.65. The van der Waals surface area contributed by atoms with E-state index in [1.54, 1.807) is 0 Å². The number of carbonyl (C=O) groups is 2. The molecular weight excluding hydrogens is 338 g/mol. The van der Waals surface area contributed by atoms with Crippen LogP contribution in [0.5, 0.6) is 0 Å². The van der Waals surface area contributed by atoms with Crippen LogP contribution in [0.15, 0.2) is 42.5 Å². The van der Waals surface area contributed by atoms with Crippen LogP contribution >= 0.6 is 0 Å². The van der Waals surface area contributed by atoms with E-state index in [1.807, 2.05) is 13.0 Å². The van der Waals surface area contributed by atoms with Crippen LogP contribution in [0.4, 0.5) is 5.69 Å². The highest BCUT2D eigenvalue weighted by atomic mass is 16.2. The number of benzene rings is 1. The van der Waals surface area contributed by atoms with Crippen molar-refractivity contribution in [1.82, 2.24) is 10.2 Å². The lowest BCUT2D eigenvalue weighted by Crippen LogP contribution is -2.46. The second kappa shape index (κ2) is 10.3. The first-order valence-electron chi connectivity index (χ1n) is 9.80. The van der Waals surface area contributed by atoms with Crippen LogP contribution < -0.4 is 10.2 Å². The van der Waals surface area contributed by atoms with Gasteiger partial charge in [-0.1, -0.05) is 30.4 Å². The Hall–Kier alpha value is -2.14. The molecule has 1 atom stereocenters. The molecule has 1 aliphatic rings. The van der Waals surface area contributed by atoms with Crippen molar-refractivity contribution in [1.29, 1.82) is 0 Å². The first kappa shape index (κ1) is 21.2. The molecule has 0 bridgehead atoms. The summed E-state index contributed by atoms with van der Waals surface area (Å²) in [6.45, 7) is 11.2. The van der Waals surface area contributed by atoms with Crippen LogP contribution in [0, 0.1) is 5.92 Å². The first-order chi connectivity index (χ1) is 12.9. The lowest BCUT2D eigenvalue weighted by Gasteiger charge is -2.33. The number of piperidine rings is 1. The van der Waals surface area contributed by atoms with Crippen LogP contribution in [0.2, 0.25) is 0 Å². The molecule has 0 spiro atoms. The molecule has 1 saturated heterocycles. The fourth-order valence-electron chi connectivity index (χ4n) is 3.54. The standard InChI is InChI=1S/C22H33N3O2/c1-17(2)21(18(3)26)16-22(27)23-19-10-12-25(13-11-19)15-14-24(4)20-8-6-5-7-9-20/h5-9,19,21H,1,10-16H2,2-4H3,(H,23,27). The van der Waals surface area contributed by atoms with E-state index in [0.29, 0.717) is 0 Å². The summed E-state index contributed by atoms with van der Waals surface area (Å²) >= 11 is 0. The molecular formula is C22H33N3O2. The van der Waals surface area contributed by atoms with Gasteiger partial charge in [-0.15, -0.1) is 0 Å². The molecule has 5 heteroatoms. The first-order valence-corrected chi connectivity index (χ1v) is 9.80. The van der Waals surface area contributed by atoms with Crippen LogP contribution in [-0.2, 0) is 9.59 Å². The minimum Gasteiger partial charge on any atom is -0.373 e. The van der Waals surface area contributed by atoms with Crippen LogP contribution in [0.3, 0.4) is 0 Å². The summed E-state index contributed by atoms with van der Waals surface area (Å²) in [6.07, 6.45) is 2.13. The lowest BCUT2D eigenvalue weighted by atomic mass is 9.93. The molecule has 1 aromatic carbocycles. The van der Waals surface area contributed by atoms with E-state index in [4.69, 9.17) is 0 Å². The molecule has 1 unspecified atom stereocenters. The molecule has 0 radical (unpaired) electrons. The topological polar surface area (TPSA) is 52.7 Å². The maximum atomic E-state index is 12.3. The van der Waals surface area contributed by atoms with Gasteiger partial charge >= 0.3 is 0 Å². The van der Waals surface area contributed by atoms with Gasteiger partial charge in [0, 0.05) is 57.3 Å². The van der Waals surface area contributed by atoms with Crippen molar-refractivity contribution >= 4 is 17.4 Å². The van der Waals surface area contributed by atoms with Crippen LogP contribution in [0.25, 0.3) is 0 Å². The van der Waals surface area contributed by atoms with Crippen molar-refractivity contribution in [3.05, 3.63) is 42.5 Å². The van der Waals surface area contributed by atoms with Gasteiger partial charge in [-0.05, 0) is 38.8 Å². The largest absolute Gasteiger partial charge is 0.373 e. The van der Waals surface area contributed by atoms with E-state index in [-0.39, 0.29) is 30.1 Å². The summed E-state index contributed by atoms with van der Waals surface area (Å²) in [5.74, 6) is -0.394. The number of likely N-dealkylation sites (N-methyl/N-ethyl adjacent to an activating group) is 1. The van der Waals surface area contributed by atoms with Gasteiger partial charge in [0.05, 0.1) is 0 Å². The third kappa shape index (κ3) is 6.83. The SMILES string of the molecule is C=C(C)C(CC(=O)NC1CCN(CCN(C)c2ccccc2)CC1)C(C)=O. The minimum absolute atomic E-state index is 0.00926. The number of para-hydroxylation sites is 1. The van der Waals surface area contributed by atoms with Crippen molar-refractivity contribution in [2.24, 2.45) is 5.92 Å². The number of allylic oxidation sites excluding steroid dienone is 1. The van der Waals surface area contributed by atoms with Crippen molar-refractivity contribution in [3.8, 4) is 0 Å². The highest BCUT2D eigenvalue weighted by Gasteiger charge is 2.24. The molecule has 1 aliphatic heterocycles. The van der Waals surface area contributed by atoms with E-state index in [2.05, 4.69) is 53.0 Å². The molecule has 148 valence electrons. The predicted octanol–water partition coefficient (Wildman–Crippen LogP) is 2.87. The lowest BCUT2D eigenvalue weighted by molar-refractivity contribution is -0.127. The van der Waals surface area contributed by atoms with Crippen molar-refractivity contribution < 1.29 is 9.59 Å². The zero-order chi connectivity index (χ0) is 19.8. The summed E-state index contributed by atoms with van der Waals surface area (Å²) in [5, 5.41) is 3.10. The fourth-order valence-corrected chi connectivity index (χ4v) is 3.54. The minimum atomic E-state index is -0.362. The number of likely N-dealkylation sites (tertiary alicyclic amines) is 1. The zero-order valence-corrected chi connectivity index (χ0v) is 16.9. The number of nitrogens with one attached hydrogen (secondary N) is 1. The molecule has 1 fully saturated rings. The summed E-state index contributed by atoms with van der Waals surface area (Å²) in [5.41, 5.74) is 1.99. The second-order valence-electron chi connectivity index (χ2n) is 7.65. The summed E-state index contributed by atoms with van der Waals surface area (Å²) in [6, 6.07) is 10.6. The number of rotatable bonds is 9. The quantitative estimate of drug-likeness (QED) is 0.678. The normalized spacial score (nSPS) is 16.6. The van der Waals surface area contributed by atoms with Crippen LogP contribution in [-0.4, -0.2) is 55.9 Å². The predicted molar refractivity (Wildman–Crippen MR) is 111 cm³/mol. The molecule has 1 amide bonds. The number of nitrogens with zero attached hydrogens (tertiary/aromatic N) is 2. The Kier molecular flexibility index (Phi) is 8.04. The van der Waals surface area contributed by atoms with Gasteiger partial charge in [0.25, 0.3) is 0 Å². The third-order valence-corrected chi connectivity index (χ3v) is 5.38. The van der Waals surface area contributed by atoms with E-state index in [9.17, 15) is 9.59 Å². The molecule has 1 heterocycles. The summed E-state index contributed by atoms with van der Waals surface area (Å²) in [4.78, 5) is 28.6. The molecule has 1 N–H and O–H groups in total. The van der Waals surface area contributed by atoms with E-state index < -0.39 is 0 Å². The van der Waals surface area contributed by atoms with Crippen LogP contribution in [0.1, 0.15) is 33.1 Å². The number of Topliss-reactive ketones (excluding diaryl/α,β-unsaturated/α-hetero) is 1. The number of hydrogen-bond donors (Lipinski definition) is 1. The Balaban J connectivity index is 1.70. The van der Waals surface area contributed by atoms with E-state index in [1.165, 1.54) is 12.6 Å². The molecule has 2 rings (SSSR count). The Morgan fingerprint density at radius 2 is 1.85 bits per heavy atom. The Labute approximate surface area is 163 Å². The monoisotopic (exact) mass is 371 g/mol. The number of hydrogen-bond acceptors (Lipinski definition) is 4. The summed E-state index contributed by atoms with van der Waals surface area (Å²) in [7, 11) is 2.12.